The van der Waals surface area contributed by atoms with Crippen molar-refractivity contribution in [1.29, 1.82) is 5.26 Å². The van der Waals surface area contributed by atoms with Gasteiger partial charge in [0.2, 0.25) is 0 Å². The maximum absolute atomic E-state index is 13.0. The molecular formula is C19H14F4N2O2S. The van der Waals surface area contributed by atoms with Crippen molar-refractivity contribution in [3.63, 3.8) is 0 Å². The Morgan fingerprint density at radius 3 is 2.36 bits per heavy atom. The number of nitrogens with zero attached hydrogens (tertiary/aromatic N) is 1. The van der Waals surface area contributed by atoms with E-state index < -0.39 is 34.6 Å². The molecular weight excluding hydrogens is 396 g/mol. The Bertz CT molecular complexity index is 948. The van der Waals surface area contributed by atoms with E-state index in [0.29, 0.717) is 11.6 Å². The van der Waals surface area contributed by atoms with Gasteiger partial charge in [-0.1, -0.05) is 24.4 Å². The zero-order chi connectivity index (χ0) is 21.1. The lowest BCUT2D eigenvalue weighted by Gasteiger charge is -2.23. The van der Waals surface area contributed by atoms with Gasteiger partial charge >= 0.3 is 6.18 Å². The number of halogens is 4. The summed E-state index contributed by atoms with van der Waals surface area (Å²) < 4.78 is 52.0. The quantitative estimate of drug-likeness (QED) is 0.440. The number of nitrogens with one attached hydrogen (secondary N) is 1. The van der Waals surface area contributed by atoms with Crippen LogP contribution >= 0.6 is 12.2 Å². The summed E-state index contributed by atoms with van der Waals surface area (Å²) >= 11 is 5.15. The monoisotopic (exact) mass is 410 g/mol. The van der Waals surface area contributed by atoms with Gasteiger partial charge in [0.15, 0.2) is 0 Å². The highest BCUT2D eigenvalue weighted by Crippen LogP contribution is 2.33. The first-order chi connectivity index (χ1) is 12.9. The first-order valence-corrected chi connectivity index (χ1v) is 8.29. The number of alkyl halides is 3. The number of carbonyl (C=O) groups excluding carboxylic acids is 1. The highest BCUT2D eigenvalue weighted by atomic mass is 32.1. The molecule has 1 unspecified atom stereocenters. The molecule has 1 atom stereocenters. The maximum Gasteiger partial charge on any atom is 0.417 e. The van der Waals surface area contributed by atoms with Crippen molar-refractivity contribution in [1.82, 2.24) is 0 Å². The number of anilines is 1. The second kappa shape index (κ2) is 8.04. The van der Waals surface area contributed by atoms with Crippen molar-refractivity contribution in [2.24, 2.45) is 0 Å². The Hall–Kier alpha value is -2.83. The van der Waals surface area contributed by atoms with Gasteiger partial charge in [0.05, 0.1) is 17.2 Å². The van der Waals surface area contributed by atoms with Crippen LogP contribution in [0.25, 0.3) is 0 Å². The normalized spacial score (nSPS) is 13.3. The predicted octanol–water partition coefficient (Wildman–Crippen LogP) is 4.21. The van der Waals surface area contributed by atoms with E-state index in [1.165, 1.54) is 30.3 Å². The van der Waals surface area contributed by atoms with E-state index in [4.69, 9.17) is 17.5 Å². The number of aliphatic hydroxyl groups is 1. The zero-order valence-electron chi connectivity index (χ0n) is 14.5. The maximum atomic E-state index is 13.0. The molecule has 2 aromatic rings. The molecule has 4 nitrogen and oxygen atoms in total. The Morgan fingerprint density at radius 1 is 1.21 bits per heavy atom. The number of carbonyl (C=O) groups is 1. The number of nitriles is 1. The van der Waals surface area contributed by atoms with Crippen molar-refractivity contribution in [3.8, 4) is 6.07 Å². The Morgan fingerprint density at radius 2 is 1.82 bits per heavy atom. The largest absolute Gasteiger partial charge is 0.417 e. The minimum absolute atomic E-state index is 0.177. The predicted molar refractivity (Wildman–Crippen MR) is 98.1 cm³/mol. The molecule has 0 saturated carbocycles. The molecule has 0 bridgehead atoms. The highest BCUT2D eigenvalue weighted by Gasteiger charge is 2.35. The average Bonchev–Trinajstić information content (AvgIpc) is 2.61. The van der Waals surface area contributed by atoms with E-state index in [9.17, 15) is 27.5 Å². The summed E-state index contributed by atoms with van der Waals surface area (Å²) in [5, 5.41) is 21.4. The van der Waals surface area contributed by atoms with Crippen LogP contribution in [0.3, 0.4) is 0 Å². The van der Waals surface area contributed by atoms with E-state index in [1.807, 2.05) is 0 Å². The third-order valence-electron chi connectivity index (χ3n) is 3.86. The van der Waals surface area contributed by atoms with E-state index in [2.05, 4.69) is 5.32 Å². The van der Waals surface area contributed by atoms with E-state index in [-0.39, 0.29) is 17.0 Å². The molecule has 146 valence electrons. The van der Waals surface area contributed by atoms with Crippen LogP contribution in [-0.2, 0) is 11.0 Å². The molecule has 0 aliphatic carbocycles. The van der Waals surface area contributed by atoms with Crippen LogP contribution in [0, 0.1) is 17.1 Å². The van der Waals surface area contributed by atoms with Crippen LogP contribution in [0.15, 0.2) is 42.5 Å². The van der Waals surface area contributed by atoms with Crippen LogP contribution in [0.1, 0.15) is 30.0 Å². The van der Waals surface area contributed by atoms with Crippen LogP contribution in [0.5, 0.6) is 0 Å². The third-order valence-corrected chi connectivity index (χ3v) is 4.24. The van der Waals surface area contributed by atoms with E-state index in [0.717, 1.165) is 19.1 Å². The van der Waals surface area contributed by atoms with E-state index >= 15 is 0 Å². The summed E-state index contributed by atoms with van der Waals surface area (Å²) in [5.41, 5.74) is -3.62. The Balaban J connectivity index is 2.18. The molecule has 0 aromatic heterocycles. The van der Waals surface area contributed by atoms with Crippen molar-refractivity contribution in [2.45, 2.75) is 25.1 Å². The topological polar surface area (TPSA) is 73.1 Å². The Labute approximate surface area is 163 Å². The molecule has 0 saturated heterocycles. The number of amides is 1. The standard InChI is InChI=1S/C19H14F4N2O2S/c1-18(27,9-16(28)11-2-5-13(20)6-3-11)17(26)25-14-7-4-12(10-24)15(8-14)19(21,22)23/h2-8,27H,9H2,1H3,(H,25,26). The molecule has 0 aliphatic rings. The summed E-state index contributed by atoms with van der Waals surface area (Å²) in [4.78, 5) is 12.5. The van der Waals surface area contributed by atoms with Gasteiger partial charge in [-0.3, -0.25) is 4.79 Å². The average molecular weight is 410 g/mol. The van der Waals surface area contributed by atoms with Crippen molar-refractivity contribution < 1.29 is 27.5 Å². The van der Waals surface area contributed by atoms with E-state index in [1.54, 1.807) is 0 Å². The fourth-order valence-corrected chi connectivity index (χ4v) is 2.77. The molecule has 1 amide bonds. The van der Waals surface area contributed by atoms with Gasteiger partial charge in [0.25, 0.3) is 5.91 Å². The molecule has 28 heavy (non-hydrogen) atoms. The van der Waals surface area contributed by atoms with Crippen molar-refractivity contribution in [3.05, 3.63) is 65.0 Å². The minimum atomic E-state index is -4.78. The Kier molecular flexibility index (Phi) is 6.17. The number of rotatable bonds is 5. The second-order valence-electron chi connectivity index (χ2n) is 6.20. The van der Waals surface area contributed by atoms with Crippen LogP contribution < -0.4 is 5.32 Å². The molecule has 2 aromatic carbocycles. The number of hydrogen-bond donors (Lipinski definition) is 2. The summed E-state index contributed by atoms with van der Waals surface area (Å²) in [6.45, 7) is 1.16. The zero-order valence-corrected chi connectivity index (χ0v) is 15.3. The molecule has 2 N–H and O–H groups in total. The summed E-state index contributed by atoms with van der Waals surface area (Å²) in [5.74, 6) is -1.45. The fourth-order valence-electron chi connectivity index (χ4n) is 2.35. The van der Waals surface area contributed by atoms with Gasteiger partial charge in [-0.2, -0.15) is 18.4 Å². The smallest absolute Gasteiger partial charge is 0.380 e. The van der Waals surface area contributed by atoms with Gasteiger partial charge in [-0.05, 0) is 42.8 Å². The molecule has 0 fully saturated rings. The van der Waals surface area contributed by atoms with Gasteiger partial charge in [0.1, 0.15) is 11.4 Å². The van der Waals surface area contributed by atoms with Crippen molar-refractivity contribution in [2.75, 3.05) is 5.32 Å². The van der Waals surface area contributed by atoms with Crippen LogP contribution in [0.4, 0.5) is 23.2 Å². The lowest BCUT2D eigenvalue weighted by Crippen LogP contribution is -2.41. The first-order valence-electron chi connectivity index (χ1n) is 7.88. The minimum Gasteiger partial charge on any atom is -0.380 e. The summed E-state index contributed by atoms with van der Waals surface area (Å²) in [6.07, 6.45) is -5.08. The first kappa shape index (κ1) is 21.5. The highest BCUT2D eigenvalue weighted by molar-refractivity contribution is 7.80. The van der Waals surface area contributed by atoms with Gasteiger partial charge in [0, 0.05) is 17.0 Å². The molecule has 0 heterocycles. The number of benzene rings is 2. The molecule has 0 spiro atoms. The SMILES string of the molecule is CC(O)(CC(=S)c1ccc(F)cc1)C(=O)Nc1ccc(C#N)c(C(F)(F)F)c1. The lowest BCUT2D eigenvalue weighted by atomic mass is 9.95. The third kappa shape index (κ3) is 5.12. The van der Waals surface area contributed by atoms with Crippen LogP contribution in [0.2, 0.25) is 0 Å². The summed E-state index contributed by atoms with van der Waals surface area (Å²) in [6, 6.07) is 9.23. The van der Waals surface area contributed by atoms with Crippen molar-refractivity contribution >= 4 is 28.7 Å². The number of thiocarbonyl (C=S) groups is 1. The lowest BCUT2D eigenvalue weighted by molar-refractivity contribution is -0.138. The number of hydrogen-bond acceptors (Lipinski definition) is 4. The molecule has 0 aliphatic heterocycles. The molecule has 2 rings (SSSR count). The second-order valence-corrected chi connectivity index (χ2v) is 6.70. The fraction of sp³-hybridized carbons (Fsp3) is 0.211. The van der Waals surface area contributed by atoms with Crippen LogP contribution in [-0.4, -0.2) is 21.5 Å². The van der Waals surface area contributed by atoms with Gasteiger partial charge < -0.3 is 10.4 Å². The van der Waals surface area contributed by atoms with Gasteiger partial charge in [-0.15, -0.1) is 0 Å². The van der Waals surface area contributed by atoms with Gasteiger partial charge in [-0.25, -0.2) is 4.39 Å². The molecule has 9 heteroatoms. The summed E-state index contributed by atoms with van der Waals surface area (Å²) in [7, 11) is 0. The molecule has 0 radical (unpaired) electrons.